The highest BCUT2D eigenvalue weighted by molar-refractivity contribution is 6.22. The minimum absolute atomic E-state index is 0.0231. The third-order valence-electron chi connectivity index (χ3n) is 7.00. The molecule has 5 rings (SSSR count). The first kappa shape index (κ1) is 22.1. The Kier molecular flexibility index (Phi) is 6.21. The Balaban J connectivity index is 1.39. The molecule has 1 aromatic carbocycles. The molecular formula is C24H27ClN4O4. The van der Waals surface area contributed by atoms with Crippen molar-refractivity contribution in [1.82, 2.24) is 20.4 Å². The van der Waals surface area contributed by atoms with Gasteiger partial charge in [-0.25, -0.2) is 0 Å². The van der Waals surface area contributed by atoms with Gasteiger partial charge in [0.1, 0.15) is 24.8 Å². The van der Waals surface area contributed by atoms with Gasteiger partial charge in [0.15, 0.2) is 5.78 Å². The first-order valence-corrected chi connectivity index (χ1v) is 12.0. The Morgan fingerprint density at radius 3 is 2.79 bits per heavy atom. The van der Waals surface area contributed by atoms with Crippen LogP contribution in [0.25, 0.3) is 11.3 Å². The van der Waals surface area contributed by atoms with Gasteiger partial charge in [-0.1, -0.05) is 31.4 Å². The Hall–Kier alpha value is -2.71. The first-order chi connectivity index (χ1) is 16.0. The van der Waals surface area contributed by atoms with Crippen LogP contribution in [0.3, 0.4) is 0 Å². The molecule has 3 heterocycles. The number of carbonyl (C=O) groups is 3. The van der Waals surface area contributed by atoms with E-state index in [1.165, 1.54) is 4.90 Å². The molecule has 174 valence electrons. The van der Waals surface area contributed by atoms with Crippen LogP contribution in [0.4, 0.5) is 0 Å². The van der Waals surface area contributed by atoms with Crippen LogP contribution in [0.5, 0.6) is 0 Å². The summed E-state index contributed by atoms with van der Waals surface area (Å²) in [6.45, 7) is 0.220. The summed E-state index contributed by atoms with van der Waals surface area (Å²) in [6.07, 6.45) is 6.14. The zero-order valence-corrected chi connectivity index (χ0v) is 19.0. The molecule has 0 unspecified atom stereocenters. The number of hydrogen-bond donors (Lipinski definition) is 2. The molecular weight excluding hydrogens is 444 g/mol. The standard InChI is InChI=1S/C24H27ClN4O4/c25-17-12-29(21-19(30)13-33-22(17)21)24(32)20(14-5-2-1-3-6-14)27-23(31)16-8-4-7-15(11-16)18-9-10-26-28-18/h4,7-11,14,17,20-22H,1-3,5-6,12-13H2,(H,26,28)(H,27,31)/t17-,20-,21+,22+/m0/s1. The lowest BCUT2D eigenvalue weighted by Crippen LogP contribution is -2.55. The zero-order chi connectivity index (χ0) is 22.9. The van der Waals surface area contributed by atoms with E-state index in [9.17, 15) is 14.4 Å². The largest absolute Gasteiger partial charge is 0.366 e. The summed E-state index contributed by atoms with van der Waals surface area (Å²) < 4.78 is 5.53. The van der Waals surface area contributed by atoms with Crippen molar-refractivity contribution >= 4 is 29.2 Å². The van der Waals surface area contributed by atoms with Crippen LogP contribution in [-0.2, 0) is 14.3 Å². The number of nitrogens with one attached hydrogen (secondary N) is 2. The number of Topliss-reactive ketones (excluding diaryl/α,β-unsaturated/α-hetero) is 1. The van der Waals surface area contributed by atoms with Crippen molar-refractivity contribution in [3.63, 3.8) is 0 Å². The summed E-state index contributed by atoms with van der Waals surface area (Å²) in [5.41, 5.74) is 2.00. The van der Waals surface area contributed by atoms with Crippen molar-refractivity contribution < 1.29 is 19.1 Å². The topological polar surface area (TPSA) is 104 Å². The molecule has 2 aromatic rings. The van der Waals surface area contributed by atoms with Gasteiger partial charge in [-0.05, 0) is 37.0 Å². The number of H-pyrrole nitrogens is 1. The van der Waals surface area contributed by atoms with E-state index in [1.807, 2.05) is 12.1 Å². The molecule has 2 aliphatic heterocycles. The highest BCUT2D eigenvalue weighted by atomic mass is 35.5. The summed E-state index contributed by atoms with van der Waals surface area (Å²) in [5.74, 6) is -0.661. The van der Waals surface area contributed by atoms with Gasteiger partial charge >= 0.3 is 0 Å². The van der Waals surface area contributed by atoms with Gasteiger partial charge < -0.3 is 15.0 Å². The molecule has 8 nitrogen and oxygen atoms in total. The number of halogens is 1. The Morgan fingerprint density at radius 2 is 2.03 bits per heavy atom. The number of rotatable bonds is 5. The SMILES string of the molecule is O=C(N[C@H](C(=O)N1C[C@H](Cl)[C@H]2OCC(=O)[C@H]21)C1CCCCC1)c1cccc(-c2cc[nH]n2)c1. The van der Waals surface area contributed by atoms with E-state index < -0.39 is 23.6 Å². The highest BCUT2D eigenvalue weighted by Gasteiger charge is 2.53. The molecule has 0 bridgehead atoms. The normalized spacial score (nSPS) is 26.3. The number of hydrogen-bond acceptors (Lipinski definition) is 5. The van der Waals surface area contributed by atoms with Crippen molar-refractivity contribution in [1.29, 1.82) is 0 Å². The molecule has 3 fully saturated rings. The second-order valence-electron chi connectivity index (χ2n) is 9.08. The highest BCUT2D eigenvalue weighted by Crippen LogP contribution is 2.34. The quantitative estimate of drug-likeness (QED) is 0.653. The van der Waals surface area contributed by atoms with Crippen molar-refractivity contribution in [3.8, 4) is 11.3 Å². The maximum atomic E-state index is 13.7. The summed E-state index contributed by atoms with van der Waals surface area (Å²) in [6, 6.07) is 7.64. The molecule has 0 spiro atoms. The van der Waals surface area contributed by atoms with Gasteiger partial charge in [0.05, 0.1) is 11.1 Å². The van der Waals surface area contributed by atoms with Gasteiger partial charge in [0, 0.05) is 23.9 Å². The molecule has 1 saturated carbocycles. The number of fused-ring (bicyclic) bond motifs is 1. The van der Waals surface area contributed by atoms with E-state index in [2.05, 4.69) is 15.5 Å². The zero-order valence-electron chi connectivity index (χ0n) is 18.2. The van der Waals surface area contributed by atoms with E-state index >= 15 is 0 Å². The Labute approximate surface area is 197 Å². The number of nitrogens with zero attached hydrogens (tertiary/aromatic N) is 2. The van der Waals surface area contributed by atoms with Crippen LogP contribution < -0.4 is 5.32 Å². The average Bonchev–Trinajstić information content (AvgIpc) is 3.58. The summed E-state index contributed by atoms with van der Waals surface area (Å²) in [5, 5.41) is 9.52. The third-order valence-corrected chi connectivity index (χ3v) is 7.39. The molecule has 4 atom stereocenters. The molecule has 2 N–H and O–H groups in total. The van der Waals surface area contributed by atoms with Crippen molar-refractivity contribution in [2.24, 2.45) is 5.92 Å². The fraction of sp³-hybridized carbons (Fsp3) is 0.500. The second kappa shape index (κ2) is 9.27. The van der Waals surface area contributed by atoms with Gasteiger partial charge in [-0.2, -0.15) is 5.10 Å². The third kappa shape index (κ3) is 4.29. The summed E-state index contributed by atoms with van der Waals surface area (Å²) in [4.78, 5) is 41.0. The predicted octanol–water partition coefficient (Wildman–Crippen LogP) is 2.54. The van der Waals surface area contributed by atoms with Crippen molar-refractivity contribution in [2.75, 3.05) is 13.2 Å². The average molecular weight is 471 g/mol. The molecule has 9 heteroatoms. The van der Waals surface area contributed by atoms with Crippen LogP contribution >= 0.6 is 11.6 Å². The first-order valence-electron chi connectivity index (χ1n) is 11.5. The number of amides is 2. The Bertz CT molecular complexity index is 1040. The maximum Gasteiger partial charge on any atom is 0.251 e. The summed E-state index contributed by atoms with van der Waals surface area (Å²) >= 11 is 6.41. The van der Waals surface area contributed by atoms with E-state index in [0.717, 1.165) is 43.4 Å². The molecule has 2 saturated heterocycles. The number of alkyl halides is 1. The molecule has 1 aliphatic carbocycles. The smallest absolute Gasteiger partial charge is 0.251 e. The second-order valence-corrected chi connectivity index (χ2v) is 9.64. The molecule has 3 aliphatic rings. The fourth-order valence-electron chi connectivity index (χ4n) is 5.32. The monoisotopic (exact) mass is 470 g/mol. The molecule has 0 radical (unpaired) electrons. The molecule has 2 amide bonds. The van der Waals surface area contributed by atoms with E-state index in [1.54, 1.807) is 24.4 Å². The number of benzene rings is 1. The van der Waals surface area contributed by atoms with Crippen molar-refractivity contribution in [2.45, 2.75) is 55.7 Å². The maximum absolute atomic E-state index is 13.7. The lowest BCUT2D eigenvalue weighted by molar-refractivity contribution is -0.139. The van der Waals surface area contributed by atoms with Crippen LogP contribution in [0.2, 0.25) is 0 Å². The van der Waals surface area contributed by atoms with Gasteiger partial charge in [0.25, 0.3) is 5.91 Å². The number of carbonyl (C=O) groups excluding carboxylic acids is 3. The van der Waals surface area contributed by atoms with Gasteiger partial charge in [0.2, 0.25) is 5.91 Å². The lowest BCUT2D eigenvalue weighted by Gasteiger charge is -2.34. The van der Waals surface area contributed by atoms with E-state index in [0.29, 0.717) is 5.56 Å². The van der Waals surface area contributed by atoms with E-state index in [-0.39, 0.29) is 36.7 Å². The number of aromatic amines is 1. The predicted molar refractivity (Wildman–Crippen MR) is 122 cm³/mol. The number of aromatic nitrogens is 2. The number of ketones is 1. The minimum atomic E-state index is -0.706. The molecule has 33 heavy (non-hydrogen) atoms. The molecule has 1 aromatic heterocycles. The number of ether oxygens (including phenoxy) is 1. The van der Waals surface area contributed by atoms with Crippen LogP contribution in [0.1, 0.15) is 42.5 Å². The Morgan fingerprint density at radius 1 is 1.21 bits per heavy atom. The van der Waals surface area contributed by atoms with Gasteiger partial charge in [-0.15, -0.1) is 11.6 Å². The van der Waals surface area contributed by atoms with Crippen molar-refractivity contribution in [3.05, 3.63) is 42.1 Å². The number of likely N-dealkylation sites (tertiary alicyclic amines) is 1. The minimum Gasteiger partial charge on any atom is -0.366 e. The van der Waals surface area contributed by atoms with Crippen LogP contribution in [-0.4, -0.2) is 69.4 Å². The van der Waals surface area contributed by atoms with Crippen LogP contribution in [0, 0.1) is 5.92 Å². The summed E-state index contributed by atoms with van der Waals surface area (Å²) in [7, 11) is 0. The van der Waals surface area contributed by atoms with Gasteiger partial charge in [-0.3, -0.25) is 19.5 Å². The van der Waals surface area contributed by atoms with E-state index in [4.69, 9.17) is 16.3 Å². The fourth-order valence-corrected chi connectivity index (χ4v) is 5.68. The van der Waals surface area contributed by atoms with Crippen LogP contribution in [0.15, 0.2) is 36.5 Å². The lowest BCUT2D eigenvalue weighted by atomic mass is 9.83.